The summed E-state index contributed by atoms with van der Waals surface area (Å²) in [5.41, 5.74) is 8.79. The van der Waals surface area contributed by atoms with E-state index < -0.39 is 0 Å². The Labute approximate surface area is 162 Å². The van der Waals surface area contributed by atoms with E-state index in [0.29, 0.717) is 0 Å². The van der Waals surface area contributed by atoms with Crippen LogP contribution in [0.2, 0.25) is 0 Å². The number of allylic oxidation sites excluding steroid dienone is 5. The molecule has 4 rings (SSSR count). The molecule has 0 aliphatic heterocycles. The van der Waals surface area contributed by atoms with E-state index in [2.05, 4.69) is 111 Å². The van der Waals surface area contributed by atoms with Gasteiger partial charge in [-0.05, 0) is 47.2 Å². The molecule has 0 bridgehead atoms. The SMILES string of the molecule is C=C/C=C(\C=C/C)C1(c2ccccc2)c2ccccc2-c2ccc(C)cc21. The summed E-state index contributed by atoms with van der Waals surface area (Å²) in [5, 5.41) is 0. The van der Waals surface area contributed by atoms with Gasteiger partial charge in [0.15, 0.2) is 0 Å². The first-order valence-corrected chi connectivity index (χ1v) is 9.46. The van der Waals surface area contributed by atoms with Crippen LogP contribution < -0.4 is 0 Å². The molecule has 0 N–H and O–H groups in total. The number of fused-ring (bicyclic) bond motifs is 3. The fourth-order valence-corrected chi connectivity index (χ4v) is 4.48. The van der Waals surface area contributed by atoms with Crippen molar-refractivity contribution in [2.75, 3.05) is 0 Å². The maximum atomic E-state index is 4.00. The molecular weight excluding hydrogens is 324 g/mol. The molecule has 1 unspecified atom stereocenters. The van der Waals surface area contributed by atoms with Crippen molar-refractivity contribution in [3.05, 3.63) is 132 Å². The van der Waals surface area contributed by atoms with Crippen LogP contribution in [-0.2, 0) is 5.41 Å². The van der Waals surface area contributed by atoms with Crippen molar-refractivity contribution in [1.29, 1.82) is 0 Å². The Morgan fingerprint density at radius 1 is 0.852 bits per heavy atom. The van der Waals surface area contributed by atoms with Crippen molar-refractivity contribution in [2.45, 2.75) is 19.3 Å². The van der Waals surface area contributed by atoms with E-state index in [1.54, 1.807) is 0 Å². The molecule has 0 spiro atoms. The predicted molar refractivity (Wildman–Crippen MR) is 116 cm³/mol. The Morgan fingerprint density at radius 2 is 1.56 bits per heavy atom. The number of hydrogen-bond donors (Lipinski definition) is 0. The quantitative estimate of drug-likeness (QED) is 0.445. The number of rotatable bonds is 4. The predicted octanol–water partition coefficient (Wildman–Crippen LogP) is 7.00. The van der Waals surface area contributed by atoms with Crippen molar-refractivity contribution < 1.29 is 0 Å². The summed E-state index contributed by atoms with van der Waals surface area (Å²) in [6.45, 7) is 8.25. The van der Waals surface area contributed by atoms with E-state index in [0.717, 1.165) is 0 Å². The lowest BCUT2D eigenvalue weighted by molar-refractivity contribution is 0.766. The molecule has 0 fully saturated rings. The van der Waals surface area contributed by atoms with E-state index in [-0.39, 0.29) is 5.41 Å². The molecule has 0 radical (unpaired) electrons. The van der Waals surface area contributed by atoms with Crippen LogP contribution in [0, 0.1) is 6.92 Å². The third kappa shape index (κ3) is 2.52. The largest absolute Gasteiger partial charge is 0.0991 e. The summed E-state index contributed by atoms with van der Waals surface area (Å²) in [5.74, 6) is 0. The van der Waals surface area contributed by atoms with Gasteiger partial charge in [-0.25, -0.2) is 0 Å². The molecule has 27 heavy (non-hydrogen) atoms. The molecular formula is C27H24. The van der Waals surface area contributed by atoms with Crippen molar-refractivity contribution in [1.82, 2.24) is 0 Å². The third-order valence-corrected chi connectivity index (χ3v) is 5.48. The van der Waals surface area contributed by atoms with Crippen molar-refractivity contribution in [3.8, 4) is 11.1 Å². The van der Waals surface area contributed by atoms with E-state index in [9.17, 15) is 0 Å². The molecule has 0 nitrogen and oxygen atoms in total. The summed E-state index contributed by atoms with van der Waals surface area (Å²) in [4.78, 5) is 0. The van der Waals surface area contributed by atoms with Gasteiger partial charge >= 0.3 is 0 Å². The molecule has 0 aromatic heterocycles. The van der Waals surface area contributed by atoms with Gasteiger partial charge in [-0.2, -0.15) is 0 Å². The maximum absolute atomic E-state index is 4.00. The Balaban J connectivity index is 2.22. The van der Waals surface area contributed by atoms with Crippen molar-refractivity contribution >= 4 is 0 Å². The highest BCUT2D eigenvalue weighted by molar-refractivity contribution is 5.86. The van der Waals surface area contributed by atoms with Crippen molar-refractivity contribution in [2.24, 2.45) is 0 Å². The maximum Gasteiger partial charge on any atom is 0.0713 e. The van der Waals surface area contributed by atoms with Crippen LogP contribution in [0.5, 0.6) is 0 Å². The van der Waals surface area contributed by atoms with Crippen LogP contribution in [0.25, 0.3) is 11.1 Å². The minimum atomic E-state index is -0.333. The normalized spacial score (nSPS) is 18.4. The highest BCUT2D eigenvalue weighted by Gasteiger charge is 2.46. The minimum Gasteiger partial charge on any atom is -0.0991 e. The average Bonchev–Trinajstić information content (AvgIpc) is 2.99. The lowest BCUT2D eigenvalue weighted by atomic mass is 9.66. The monoisotopic (exact) mass is 348 g/mol. The summed E-state index contributed by atoms with van der Waals surface area (Å²) in [6, 6.07) is 26.5. The topological polar surface area (TPSA) is 0 Å². The molecule has 0 heteroatoms. The zero-order valence-corrected chi connectivity index (χ0v) is 15.9. The second-order valence-corrected chi connectivity index (χ2v) is 7.07. The van der Waals surface area contributed by atoms with Gasteiger partial charge in [0.1, 0.15) is 0 Å². The van der Waals surface area contributed by atoms with Crippen LogP contribution >= 0.6 is 0 Å². The fraction of sp³-hybridized carbons (Fsp3) is 0.111. The zero-order valence-electron chi connectivity index (χ0n) is 15.9. The molecule has 0 saturated heterocycles. The standard InChI is InChI=1S/C27H24/c1-4-11-21(12-5-2)27(22-13-7-6-8-14-22)25-16-10-9-15-23(25)24-18-17-20(3)19-26(24)27/h4-19H,1H2,2-3H3/b12-5-,21-11+. The average molecular weight is 348 g/mol. The van der Waals surface area contributed by atoms with Gasteiger partial charge in [0.25, 0.3) is 0 Å². The van der Waals surface area contributed by atoms with Gasteiger partial charge in [-0.15, -0.1) is 0 Å². The fourth-order valence-electron chi connectivity index (χ4n) is 4.48. The Morgan fingerprint density at radius 3 is 2.30 bits per heavy atom. The van der Waals surface area contributed by atoms with Crippen LogP contribution in [0.1, 0.15) is 29.2 Å². The highest BCUT2D eigenvalue weighted by Crippen LogP contribution is 2.56. The molecule has 132 valence electrons. The summed E-state index contributed by atoms with van der Waals surface area (Å²) >= 11 is 0. The Hall–Kier alpha value is -3.12. The van der Waals surface area contributed by atoms with Crippen LogP contribution in [-0.4, -0.2) is 0 Å². The lowest BCUT2D eigenvalue weighted by Crippen LogP contribution is -2.29. The molecule has 0 amide bonds. The summed E-state index contributed by atoms with van der Waals surface area (Å²) < 4.78 is 0. The number of hydrogen-bond acceptors (Lipinski definition) is 0. The smallest absolute Gasteiger partial charge is 0.0713 e. The highest BCUT2D eigenvalue weighted by atomic mass is 14.5. The Bertz CT molecular complexity index is 1050. The zero-order chi connectivity index (χ0) is 18.9. The molecule has 1 aliphatic carbocycles. The molecule has 0 saturated carbocycles. The van der Waals surface area contributed by atoms with Gasteiger partial charge in [0, 0.05) is 0 Å². The third-order valence-electron chi connectivity index (χ3n) is 5.48. The van der Waals surface area contributed by atoms with Crippen LogP contribution in [0.3, 0.4) is 0 Å². The number of benzene rings is 3. The molecule has 1 aliphatic rings. The second-order valence-electron chi connectivity index (χ2n) is 7.07. The van der Waals surface area contributed by atoms with Crippen molar-refractivity contribution in [3.63, 3.8) is 0 Å². The Kier molecular flexibility index (Phi) is 4.41. The first kappa shape index (κ1) is 17.3. The van der Waals surface area contributed by atoms with Gasteiger partial charge in [0.05, 0.1) is 5.41 Å². The van der Waals surface area contributed by atoms with Gasteiger partial charge in [0.2, 0.25) is 0 Å². The molecule has 1 atom stereocenters. The van der Waals surface area contributed by atoms with Crippen LogP contribution in [0.15, 0.2) is 109 Å². The van der Waals surface area contributed by atoms with E-state index in [4.69, 9.17) is 0 Å². The molecule has 3 aromatic carbocycles. The van der Waals surface area contributed by atoms with Gasteiger partial charge < -0.3 is 0 Å². The summed E-state index contributed by atoms with van der Waals surface area (Å²) in [7, 11) is 0. The molecule has 3 aromatic rings. The minimum absolute atomic E-state index is 0.333. The summed E-state index contributed by atoms with van der Waals surface area (Å²) in [6.07, 6.45) is 8.40. The lowest BCUT2D eigenvalue weighted by Gasteiger charge is -2.34. The second kappa shape index (κ2) is 6.89. The number of aryl methyl sites for hydroxylation is 1. The van der Waals surface area contributed by atoms with E-state index in [1.807, 2.05) is 6.08 Å². The van der Waals surface area contributed by atoms with Gasteiger partial charge in [-0.1, -0.05) is 109 Å². The van der Waals surface area contributed by atoms with E-state index >= 15 is 0 Å². The van der Waals surface area contributed by atoms with Gasteiger partial charge in [-0.3, -0.25) is 0 Å². The van der Waals surface area contributed by atoms with Crippen LogP contribution in [0.4, 0.5) is 0 Å². The molecule has 0 heterocycles. The van der Waals surface area contributed by atoms with E-state index in [1.165, 1.54) is 39.0 Å². The first-order chi connectivity index (χ1) is 13.2. The first-order valence-electron chi connectivity index (χ1n) is 9.46.